The summed E-state index contributed by atoms with van der Waals surface area (Å²) in [5.74, 6) is 0.607. The van der Waals surface area contributed by atoms with E-state index in [1.165, 1.54) is 0 Å². The molecule has 1 aliphatic rings. The third-order valence-electron chi connectivity index (χ3n) is 3.33. The first-order chi connectivity index (χ1) is 8.55. The van der Waals surface area contributed by atoms with Gasteiger partial charge in [0.15, 0.2) is 0 Å². The van der Waals surface area contributed by atoms with Crippen molar-refractivity contribution in [2.45, 2.75) is 13.3 Å². The minimum Gasteiger partial charge on any atom is -0.495 e. The summed E-state index contributed by atoms with van der Waals surface area (Å²) in [4.78, 5) is 12.3. The van der Waals surface area contributed by atoms with Gasteiger partial charge in [0.1, 0.15) is 5.75 Å². The molecule has 1 unspecified atom stereocenters. The predicted octanol–water partition coefficient (Wildman–Crippen LogP) is 2.29. The van der Waals surface area contributed by atoms with Crippen LogP contribution in [0, 0.1) is 5.41 Å². The Bertz CT molecular complexity index is 456. The first kappa shape index (κ1) is 13.2. The number of halogens is 1. The Hall–Kier alpha value is -1.26. The van der Waals surface area contributed by atoms with Gasteiger partial charge in [0.05, 0.1) is 18.2 Å². The summed E-state index contributed by atoms with van der Waals surface area (Å²) in [5.41, 5.74) is 0.246. The lowest BCUT2D eigenvalue weighted by Crippen LogP contribution is -2.35. The molecule has 0 aromatic heterocycles. The highest BCUT2D eigenvalue weighted by atomic mass is 35.5. The summed E-state index contributed by atoms with van der Waals surface area (Å²) >= 11 is 5.93. The van der Waals surface area contributed by atoms with Gasteiger partial charge in [0, 0.05) is 11.6 Å². The molecule has 0 radical (unpaired) electrons. The van der Waals surface area contributed by atoms with Crippen LogP contribution in [0.4, 0.5) is 5.69 Å². The summed E-state index contributed by atoms with van der Waals surface area (Å²) in [7, 11) is 1.57. The number of carbonyl (C=O) groups is 1. The van der Waals surface area contributed by atoms with Gasteiger partial charge in [0.25, 0.3) is 0 Å². The van der Waals surface area contributed by atoms with E-state index in [1.54, 1.807) is 25.3 Å². The highest BCUT2D eigenvalue weighted by Gasteiger charge is 2.36. The van der Waals surface area contributed by atoms with Crippen LogP contribution < -0.4 is 15.4 Å². The second-order valence-corrected chi connectivity index (χ2v) is 5.22. The van der Waals surface area contributed by atoms with Crippen molar-refractivity contribution in [2.24, 2.45) is 5.41 Å². The molecule has 1 atom stereocenters. The average molecular weight is 269 g/mol. The number of anilines is 1. The number of ether oxygens (including phenoxy) is 1. The molecule has 0 spiro atoms. The van der Waals surface area contributed by atoms with Gasteiger partial charge in [0.2, 0.25) is 5.91 Å². The number of rotatable bonds is 3. The van der Waals surface area contributed by atoms with Crippen molar-refractivity contribution in [3.05, 3.63) is 23.2 Å². The summed E-state index contributed by atoms with van der Waals surface area (Å²) in [6.07, 6.45) is 0.835. The van der Waals surface area contributed by atoms with E-state index in [0.29, 0.717) is 23.0 Å². The van der Waals surface area contributed by atoms with Crippen LogP contribution in [0.5, 0.6) is 5.75 Å². The quantitative estimate of drug-likeness (QED) is 0.884. The minimum atomic E-state index is -0.368. The fourth-order valence-electron chi connectivity index (χ4n) is 2.06. The molecule has 0 saturated carbocycles. The Balaban J connectivity index is 2.18. The van der Waals surface area contributed by atoms with Gasteiger partial charge in [-0.25, -0.2) is 0 Å². The van der Waals surface area contributed by atoms with Crippen molar-refractivity contribution in [1.82, 2.24) is 5.32 Å². The van der Waals surface area contributed by atoms with E-state index >= 15 is 0 Å². The van der Waals surface area contributed by atoms with E-state index in [1.807, 2.05) is 6.92 Å². The van der Waals surface area contributed by atoms with Gasteiger partial charge < -0.3 is 15.4 Å². The van der Waals surface area contributed by atoms with Crippen LogP contribution in [0.2, 0.25) is 5.02 Å². The fraction of sp³-hybridized carbons (Fsp3) is 0.462. The van der Waals surface area contributed by atoms with Crippen LogP contribution in [-0.2, 0) is 4.79 Å². The van der Waals surface area contributed by atoms with Crippen molar-refractivity contribution < 1.29 is 9.53 Å². The van der Waals surface area contributed by atoms with Crippen molar-refractivity contribution in [2.75, 3.05) is 25.5 Å². The summed E-state index contributed by atoms with van der Waals surface area (Å²) in [6, 6.07) is 5.17. The number of hydrogen-bond acceptors (Lipinski definition) is 3. The Morgan fingerprint density at radius 1 is 1.56 bits per heavy atom. The smallest absolute Gasteiger partial charge is 0.231 e. The van der Waals surface area contributed by atoms with Gasteiger partial charge in [-0.3, -0.25) is 4.79 Å². The molecule has 2 N–H and O–H groups in total. The van der Waals surface area contributed by atoms with Crippen LogP contribution in [0.1, 0.15) is 13.3 Å². The minimum absolute atomic E-state index is 0.00642. The molecule has 1 amide bonds. The number of amides is 1. The van der Waals surface area contributed by atoms with E-state index in [0.717, 1.165) is 13.0 Å². The standard InChI is InChI=1S/C13H17ClN2O2/c1-13(5-6-15-8-13)12(17)16-10-7-9(14)3-4-11(10)18-2/h3-4,7,15H,5-6,8H2,1-2H3,(H,16,17). The molecular weight excluding hydrogens is 252 g/mol. The Morgan fingerprint density at radius 2 is 2.33 bits per heavy atom. The van der Waals surface area contributed by atoms with E-state index in [-0.39, 0.29) is 11.3 Å². The molecular formula is C13H17ClN2O2. The van der Waals surface area contributed by atoms with Crippen LogP contribution >= 0.6 is 11.6 Å². The molecule has 0 bridgehead atoms. The molecule has 1 fully saturated rings. The average Bonchev–Trinajstić information content (AvgIpc) is 2.78. The molecule has 1 aromatic carbocycles. The van der Waals surface area contributed by atoms with Crippen LogP contribution in [-0.4, -0.2) is 26.1 Å². The van der Waals surface area contributed by atoms with Crippen LogP contribution in [0.25, 0.3) is 0 Å². The Kier molecular flexibility index (Phi) is 3.78. The zero-order valence-corrected chi connectivity index (χ0v) is 11.3. The Labute approximate surface area is 112 Å². The van der Waals surface area contributed by atoms with Gasteiger partial charge >= 0.3 is 0 Å². The van der Waals surface area contributed by atoms with E-state index < -0.39 is 0 Å². The molecule has 1 aliphatic heterocycles. The number of carbonyl (C=O) groups excluding carboxylic acids is 1. The predicted molar refractivity (Wildman–Crippen MR) is 72.2 cm³/mol. The first-order valence-electron chi connectivity index (χ1n) is 5.91. The maximum Gasteiger partial charge on any atom is 0.231 e. The zero-order chi connectivity index (χ0) is 13.2. The van der Waals surface area contributed by atoms with Crippen LogP contribution in [0.3, 0.4) is 0 Å². The SMILES string of the molecule is COc1ccc(Cl)cc1NC(=O)C1(C)CCNC1. The largest absolute Gasteiger partial charge is 0.495 e. The topological polar surface area (TPSA) is 50.4 Å². The normalized spacial score (nSPS) is 22.8. The zero-order valence-electron chi connectivity index (χ0n) is 10.5. The highest BCUT2D eigenvalue weighted by molar-refractivity contribution is 6.31. The number of nitrogens with one attached hydrogen (secondary N) is 2. The number of hydrogen-bond donors (Lipinski definition) is 2. The molecule has 1 aromatic rings. The third kappa shape index (κ3) is 2.60. The summed E-state index contributed by atoms with van der Waals surface area (Å²) in [6.45, 7) is 3.53. The van der Waals surface area contributed by atoms with Crippen LogP contribution in [0.15, 0.2) is 18.2 Å². The van der Waals surface area contributed by atoms with E-state index in [2.05, 4.69) is 10.6 Å². The van der Waals surface area contributed by atoms with Crippen molar-refractivity contribution in [3.63, 3.8) is 0 Å². The lowest BCUT2D eigenvalue weighted by atomic mass is 9.88. The summed E-state index contributed by atoms with van der Waals surface area (Å²) in [5, 5.41) is 6.67. The highest BCUT2D eigenvalue weighted by Crippen LogP contribution is 2.31. The lowest BCUT2D eigenvalue weighted by molar-refractivity contribution is -0.123. The van der Waals surface area contributed by atoms with Gasteiger partial charge in [-0.1, -0.05) is 11.6 Å². The second-order valence-electron chi connectivity index (χ2n) is 4.79. The molecule has 1 saturated heterocycles. The van der Waals surface area contributed by atoms with Gasteiger partial charge in [-0.05, 0) is 38.1 Å². The molecule has 2 rings (SSSR count). The first-order valence-corrected chi connectivity index (χ1v) is 6.29. The molecule has 5 heteroatoms. The number of benzene rings is 1. The van der Waals surface area contributed by atoms with Crippen molar-refractivity contribution in [1.29, 1.82) is 0 Å². The monoisotopic (exact) mass is 268 g/mol. The van der Waals surface area contributed by atoms with Crippen molar-refractivity contribution in [3.8, 4) is 5.75 Å². The summed E-state index contributed by atoms with van der Waals surface area (Å²) < 4.78 is 5.21. The fourth-order valence-corrected chi connectivity index (χ4v) is 2.23. The maximum absolute atomic E-state index is 12.3. The molecule has 1 heterocycles. The molecule has 98 valence electrons. The number of methoxy groups -OCH3 is 1. The lowest BCUT2D eigenvalue weighted by Gasteiger charge is -2.22. The van der Waals surface area contributed by atoms with E-state index in [4.69, 9.17) is 16.3 Å². The Morgan fingerprint density at radius 3 is 2.94 bits per heavy atom. The molecule has 4 nitrogen and oxygen atoms in total. The maximum atomic E-state index is 12.3. The van der Waals surface area contributed by atoms with Gasteiger partial charge in [-0.15, -0.1) is 0 Å². The van der Waals surface area contributed by atoms with Gasteiger partial charge in [-0.2, -0.15) is 0 Å². The molecule has 0 aliphatic carbocycles. The third-order valence-corrected chi connectivity index (χ3v) is 3.56. The van der Waals surface area contributed by atoms with E-state index in [9.17, 15) is 4.79 Å². The molecule has 18 heavy (non-hydrogen) atoms. The van der Waals surface area contributed by atoms with Crippen molar-refractivity contribution >= 4 is 23.2 Å². The second kappa shape index (κ2) is 5.16.